The SMILES string of the molecule is CCCCCCCCCCCCOc1ccc(-c2nnc(-c3ccc(-c4nc(-c5ccc(-c6nnc(-c7ccc(OCCCCCCCCCCCC)cc7)o6)cc5)nc(-c5ccc(-c6nnc(-c7ccc(OCCCCCCCCCCCC)cc7)o6)cc5)n4)cc3)o2)cc1. The van der Waals surface area contributed by atoms with E-state index in [1.807, 2.05) is 146 Å². The van der Waals surface area contributed by atoms with Crippen molar-refractivity contribution < 1.29 is 27.5 Å². The van der Waals surface area contributed by atoms with E-state index in [0.29, 0.717) is 72.6 Å². The van der Waals surface area contributed by atoms with Gasteiger partial charge in [0.2, 0.25) is 35.3 Å². The highest BCUT2D eigenvalue weighted by Gasteiger charge is 2.19. The van der Waals surface area contributed by atoms with Crippen LogP contribution < -0.4 is 14.2 Å². The van der Waals surface area contributed by atoms with E-state index in [1.54, 1.807) is 0 Å². The monoisotopic (exact) mass is 1290 g/mol. The number of benzene rings is 6. The van der Waals surface area contributed by atoms with Crippen LogP contribution in [-0.2, 0) is 0 Å². The Morgan fingerprint density at radius 2 is 0.375 bits per heavy atom. The maximum atomic E-state index is 6.23. The maximum absolute atomic E-state index is 6.23. The van der Waals surface area contributed by atoms with Gasteiger partial charge in [0.25, 0.3) is 0 Å². The van der Waals surface area contributed by atoms with Gasteiger partial charge < -0.3 is 27.5 Å². The van der Waals surface area contributed by atoms with E-state index in [4.69, 9.17) is 42.4 Å². The van der Waals surface area contributed by atoms with Crippen molar-refractivity contribution in [2.75, 3.05) is 19.8 Å². The Morgan fingerprint density at radius 1 is 0.208 bits per heavy atom. The van der Waals surface area contributed by atoms with Crippen LogP contribution in [0.5, 0.6) is 17.2 Å². The van der Waals surface area contributed by atoms with Crippen molar-refractivity contribution >= 4 is 0 Å². The van der Waals surface area contributed by atoms with Crippen molar-refractivity contribution in [3.63, 3.8) is 0 Å². The minimum absolute atomic E-state index is 0.395. The zero-order valence-corrected chi connectivity index (χ0v) is 57.2. The van der Waals surface area contributed by atoms with E-state index < -0.39 is 0 Å². The molecule has 10 aromatic rings. The van der Waals surface area contributed by atoms with Crippen molar-refractivity contribution in [3.8, 4) is 120 Å². The van der Waals surface area contributed by atoms with Gasteiger partial charge in [-0.15, -0.1) is 30.6 Å². The van der Waals surface area contributed by atoms with Crippen LogP contribution >= 0.6 is 0 Å². The molecular formula is C81H99N9O6. The Hall–Kier alpha value is -8.85. The molecule has 4 aromatic heterocycles. The summed E-state index contributed by atoms with van der Waals surface area (Å²) in [5.41, 5.74) is 7.01. The second-order valence-electron chi connectivity index (χ2n) is 25.4. The van der Waals surface area contributed by atoms with Gasteiger partial charge in [-0.25, -0.2) is 15.0 Å². The quantitative estimate of drug-likeness (QED) is 0.0328. The molecule has 0 spiro atoms. The van der Waals surface area contributed by atoms with Crippen molar-refractivity contribution in [1.29, 1.82) is 0 Å². The molecule has 4 heterocycles. The van der Waals surface area contributed by atoms with Crippen LogP contribution in [-0.4, -0.2) is 65.4 Å². The second kappa shape index (κ2) is 39.3. The summed E-state index contributed by atoms with van der Waals surface area (Å²) in [7, 11) is 0. The largest absolute Gasteiger partial charge is 0.494 e. The van der Waals surface area contributed by atoms with Gasteiger partial charge in [0.05, 0.1) is 19.8 Å². The molecule has 10 rings (SSSR count). The number of unbranched alkanes of at least 4 members (excludes halogenated alkanes) is 27. The Kier molecular flexibility index (Phi) is 28.6. The first kappa shape index (κ1) is 70.0. The Balaban J connectivity index is 0.780. The average Bonchev–Trinajstić information content (AvgIpc) is 1.22. The van der Waals surface area contributed by atoms with Crippen LogP contribution in [0.1, 0.15) is 213 Å². The van der Waals surface area contributed by atoms with Gasteiger partial charge in [0.1, 0.15) is 17.2 Å². The van der Waals surface area contributed by atoms with Crippen LogP contribution in [0, 0.1) is 0 Å². The first-order chi connectivity index (χ1) is 47.5. The molecule has 0 aliphatic carbocycles. The average molecular weight is 1290 g/mol. The van der Waals surface area contributed by atoms with Crippen molar-refractivity contribution in [1.82, 2.24) is 45.5 Å². The highest BCUT2D eigenvalue weighted by Crippen LogP contribution is 2.33. The normalized spacial score (nSPS) is 11.4. The Morgan fingerprint density at radius 3 is 0.573 bits per heavy atom. The number of ether oxygens (including phenoxy) is 3. The van der Waals surface area contributed by atoms with Crippen LogP contribution in [0.15, 0.2) is 159 Å². The zero-order valence-electron chi connectivity index (χ0n) is 57.2. The third-order valence-electron chi connectivity index (χ3n) is 17.7. The van der Waals surface area contributed by atoms with E-state index in [2.05, 4.69) is 51.4 Å². The summed E-state index contributed by atoms with van der Waals surface area (Å²) in [4.78, 5) is 15.2. The van der Waals surface area contributed by atoms with E-state index in [1.165, 1.54) is 173 Å². The first-order valence-corrected chi connectivity index (χ1v) is 36.3. The molecule has 504 valence electrons. The lowest BCUT2D eigenvalue weighted by atomic mass is 10.1. The molecule has 0 N–H and O–H groups in total. The number of hydrogen-bond acceptors (Lipinski definition) is 15. The highest BCUT2D eigenvalue weighted by molar-refractivity contribution is 5.71. The zero-order chi connectivity index (χ0) is 66.0. The molecular weight excluding hydrogens is 1190 g/mol. The highest BCUT2D eigenvalue weighted by atomic mass is 16.5. The van der Waals surface area contributed by atoms with Crippen LogP contribution in [0.3, 0.4) is 0 Å². The lowest BCUT2D eigenvalue weighted by molar-refractivity contribution is 0.304. The topological polar surface area (TPSA) is 183 Å². The fourth-order valence-corrected chi connectivity index (χ4v) is 11.8. The van der Waals surface area contributed by atoms with Gasteiger partial charge in [-0.2, -0.15) is 0 Å². The van der Waals surface area contributed by atoms with Gasteiger partial charge in [-0.05, 0) is 128 Å². The standard InChI is InChI=1S/C81H99N9O6/c1-4-7-10-13-16-19-22-25-28-31-58-91-70-52-46-67(47-53-70)79-88-85-76(94-79)64-40-34-61(35-41-64)73-82-74(62-36-42-65(43-37-62)77-86-89-80(95-77)68-48-54-71(55-49-68)92-59-32-29-26-23-20-17-14-11-8-5-2)84-75(83-73)63-38-44-66(45-39-63)78-87-90-81(96-78)69-50-56-72(57-51-69)93-60-33-30-27-24-21-18-15-12-9-6-3/h34-57H,4-33,58-60H2,1-3H3. The molecule has 0 unspecified atom stereocenters. The molecule has 0 saturated heterocycles. The van der Waals surface area contributed by atoms with Crippen molar-refractivity contribution in [2.45, 2.75) is 213 Å². The van der Waals surface area contributed by atoms with E-state index in [0.717, 1.165) is 86.6 Å². The summed E-state index contributed by atoms with van der Waals surface area (Å²) >= 11 is 0. The summed E-state index contributed by atoms with van der Waals surface area (Å²) in [6.45, 7) is 8.92. The molecule has 0 aliphatic rings. The first-order valence-electron chi connectivity index (χ1n) is 36.3. The van der Waals surface area contributed by atoms with Crippen molar-refractivity contribution in [2.24, 2.45) is 0 Å². The molecule has 0 amide bonds. The van der Waals surface area contributed by atoms with Crippen molar-refractivity contribution in [3.05, 3.63) is 146 Å². The fraction of sp³-hybridized carbons (Fsp3) is 0.444. The second-order valence-corrected chi connectivity index (χ2v) is 25.4. The molecule has 0 radical (unpaired) electrons. The van der Waals surface area contributed by atoms with Gasteiger partial charge in [0, 0.05) is 50.1 Å². The van der Waals surface area contributed by atoms with Crippen LogP contribution in [0.4, 0.5) is 0 Å². The summed E-state index contributed by atoms with van der Waals surface area (Å²) < 4.78 is 36.9. The van der Waals surface area contributed by atoms with E-state index in [-0.39, 0.29) is 0 Å². The fourth-order valence-electron chi connectivity index (χ4n) is 11.8. The molecule has 0 aliphatic heterocycles. The molecule has 0 atom stereocenters. The molecule has 15 nitrogen and oxygen atoms in total. The maximum Gasteiger partial charge on any atom is 0.248 e. The Labute approximate surface area is 569 Å². The summed E-state index contributed by atoms with van der Waals surface area (Å²) in [6, 6.07) is 46.9. The molecule has 0 saturated carbocycles. The lowest BCUT2D eigenvalue weighted by Crippen LogP contribution is -2.00. The number of hydrogen-bond donors (Lipinski definition) is 0. The van der Waals surface area contributed by atoms with Gasteiger partial charge in [0.15, 0.2) is 17.5 Å². The van der Waals surface area contributed by atoms with Crippen LogP contribution in [0.25, 0.3) is 103 Å². The third-order valence-corrected chi connectivity index (χ3v) is 17.7. The number of aromatic nitrogens is 9. The minimum atomic E-state index is 0.395. The smallest absolute Gasteiger partial charge is 0.248 e. The van der Waals surface area contributed by atoms with Gasteiger partial charge >= 0.3 is 0 Å². The summed E-state index contributed by atoms with van der Waals surface area (Å²) in [5, 5.41) is 26.5. The molecule has 96 heavy (non-hydrogen) atoms. The molecule has 6 aromatic carbocycles. The summed E-state index contributed by atoms with van der Waals surface area (Å²) in [6.07, 6.45) is 38.8. The van der Waals surface area contributed by atoms with Gasteiger partial charge in [-0.3, -0.25) is 0 Å². The van der Waals surface area contributed by atoms with Crippen LogP contribution in [0.2, 0.25) is 0 Å². The van der Waals surface area contributed by atoms with E-state index >= 15 is 0 Å². The Bertz CT molecular complexity index is 3370. The minimum Gasteiger partial charge on any atom is -0.494 e. The lowest BCUT2D eigenvalue weighted by Gasteiger charge is -2.09. The number of nitrogens with zero attached hydrogens (tertiary/aromatic N) is 9. The third kappa shape index (κ3) is 22.1. The van der Waals surface area contributed by atoms with E-state index in [9.17, 15) is 0 Å². The molecule has 15 heteroatoms. The van der Waals surface area contributed by atoms with Gasteiger partial charge in [-0.1, -0.05) is 231 Å². The molecule has 0 bridgehead atoms. The molecule has 0 fully saturated rings. The summed E-state index contributed by atoms with van der Waals surface area (Å²) in [5.74, 6) is 6.38. The predicted octanol–water partition coefficient (Wildman–Crippen LogP) is 22.9. The number of rotatable bonds is 45. The predicted molar refractivity (Wildman–Crippen MR) is 384 cm³/mol.